The van der Waals surface area contributed by atoms with Crippen LogP contribution in [-0.2, 0) is 14.4 Å². The minimum Gasteiger partial charge on any atom is -0.384 e. The Balaban J connectivity index is 3.15. The zero-order chi connectivity index (χ0) is 24.6. The molecule has 32 heavy (non-hydrogen) atoms. The Morgan fingerprint density at radius 1 is 1.09 bits per heavy atom. The fourth-order valence-electron chi connectivity index (χ4n) is 4.01. The molecule has 1 fully saturated rings. The Kier molecular flexibility index (Phi) is 11.0. The van der Waals surface area contributed by atoms with E-state index in [9.17, 15) is 28.3 Å². The quantitative estimate of drug-likeness (QED) is 0.349. The summed E-state index contributed by atoms with van der Waals surface area (Å²) >= 11 is 0. The number of nitrogens with two attached hydrogens (primary N) is 1. The highest BCUT2D eigenvalue weighted by Gasteiger charge is 2.53. The minimum absolute atomic E-state index is 0.0564. The smallest absolute Gasteiger partial charge is 0.351 e. The number of carbonyl (C=O) groups excluding carboxylic acids is 3. The predicted molar refractivity (Wildman–Crippen MR) is 118 cm³/mol. The van der Waals surface area contributed by atoms with Crippen LogP contribution in [0.3, 0.4) is 0 Å². The average molecular weight is 463 g/mol. The Hall–Kier alpha value is -1.81. The summed E-state index contributed by atoms with van der Waals surface area (Å²) in [6.07, 6.45) is 0.943. The van der Waals surface area contributed by atoms with Crippen LogP contribution in [0.25, 0.3) is 0 Å². The summed E-state index contributed by atoms with van der Waals surface area (Å²) in [5, 5.41) is 15.3. The van der Waals surface area contributed by atoms with Gasteiger partial charge in [0.15, 0.2) is 0 Å². The summed E-state index contributed by atoms with van der Waals surface area (Å²) in [6.45, 7) is 8.15. The number of nitrogens with zero attached hydrogens (tertiary/aromatic N) is 1. The second-order valence-electron chi connectivity index (χ2n) is 9.29. The molecule has 8 nitrogen and oxygen atoms in total. The van der Waals surface area contributed by atoms with Crippen LogP contribution in [-0.4, -0.2) is 71.0 Å². The lowest BCUT2D eigenvalue weighted by Gasteiger charge is -2.43. The standard InChI is InChI=1S/C22H40F2N4O4/c1-6-11-26-21(32)22(23,24)19(30)18(14(4)5)28(15-9-7-8-10-15)16(29)12-27-20(31)17(25)13(2)3/h13-15,17-19,30H,6-12,25H2,1-5H3,(H,26,32)(H,27,31)/t17-,18?,19?/m0/s1. The number of alkyl halides is 2. The Labute approximate surface area is 189 Å². The summed E-state index contributed by atoms with van der Waals surface area (Å²) < 4.78 is 29.8. The van der Waals surface area contributed by atoms with Crippen LogP contribution in [0.1, 0.15) is 66.7 Å². The van der Waals surface area contributed by atoms with Crippen LogP contribution in [0.4, 0.5) is 8.78 Å². The number of hydrogen-bond acceptors (Lipinski definition) is 5. The number of rotatable bonds is 12. The number of nitrogens with one attached hydrogen (secondary N) is 2. The van der Waals surface area contributed by atoms with Gasteiger partial charge in [-0.05, 0) is 31.1 Å². The molecular formula is C22H40F2N4O4. The van der Waals surface area contributed by atoms with Gasteiger partial charge in [0, 0.05) is 12.6 Å². The molecule has 3 amide bonds. The largest absolute Gasteiger partial charge is 0.384 e. The maximum atomic E-state index is 14.9. The normalized spacial score (nSPS) is 17.8. The second-order valence-corrected chi connectivity index (χ2v) is 9.29. The molecule has 5 N–H and O–H groups in total. The van der Waals surface area contributed by atoms with E-state index >= 15 is 0 Å². The van der Waals surface area contributed by atoms with E-state index in [1.54, 1.807) is 34.6 Å². The van der Waals surface area contributed by atoms with Gasteiger partial charge in [-0.2, -0.15) is 8.78 Å². The van der Waals surface area contributed by atoms with Gasteiger partial charge in [0.1, 0.15) is 6.10 Å². The van der Waals surface area contributed by atoms with Gasteiger partial charge in [-0.3, -0.25) is 14.4 Å². The Morgan fingerprint density at radius 3 is 2.12 bits per heavy atom. The molecule has 1 saturated carbocycles. The predicted octanol–water partition coefficient (Wildman–Crippen LogP) is 1.40. The van der Waals surface area contributed by atoms with Crippen molar-refractivity contribution in [3.05, 3.63) is 0 Å². The molecule has 1 aliphatic carbocycles. The molecule has 1 aliphatic rings. The van der Waals surface area contributed by atoms with Crippen molar-refractivity contribution in [3.63, 3.8) is 0 Å². The molecule has 186 valence electrons. The SMILES string of the molecule is CCCNC(=O)C(F)(F)C(O)C(C(C)C)N(C(=O)CNC(=O)[C@@H](N)C(C)C)C1CCCC1. The lowest BCUT2D eigenvalue weighted by Crippen LogP contribution is -2.63. The maximum Gasteiger partial charge on any atom is 0.351 e. The topological polar surface area (TPSA) is 125 Å². The molecule has 0 aromatic carbocycles. The lowest BCUT2D eigenvalue weighted by atomic mass is 9.90. The zero-order valence-electron chi connectivity index (χ0n) is 19.9. The summed E-state index contributed by atoms with van der Waals surface area (Å²) in [5.41, 5.74) is 5.81. The number of aliphatic hydroxyl groups is 1. The first-order valence-electron chi connectivity index (χ1n) is 11.5. The van der Waals surface area contributed by atoms with Crippen molar-refractivity contribution in [2.24, 2.45) is 17.6 Å². The fourth-order valence-corrected chi connectivity index (χ4v) is 4.01. The molecule has 0 aliphatic heterocycles. The van der Waals surface area contributed by atoms with Crippen molar-refractivity contribution >= 4 is 17.7 Å². The van der Waals surface area contributed by atoms with E-state index in [4.69, 9.17) is 5.73 Å². The van der Waals surface area contributed by atoms with Crippen molar-refractivity contribution in [2.75, 3.05) is 13.1 Å². The van der Waals surface area contributed by atoms with Crippen LogP contribution in [0.2, 0.25) is 0 Å². The molecule has 0 aromatic rings. The third-order valence-corrected chi connectivity index (χ3v) is 5.98. The Morgan fingerprint density at radius 2 is 1.66 bits per heavy atom. The van der Waals surface area contributed by atoms with Crippen molar-refractivity contribution in [1.29, 1.82) is 0 Å². The van der Waals surface area contributed by atoms with E-state index in [1.165, 1.54) is 4.90 Å². The third-order valence-electron chi connectivity index (χ3n) is 5.98. The van der Waals surface area contributed by atoms with Crippen molar-refractivity contribution in [1.82, 2.24) is 15.5 Å². The fraction of sp³-hybridized carbons (Fsp3) is 0.864. The van der Waals surface area contributed by atoms with E-state index in [0.717, 1.165) is 12.8 Å². The second kappa shape index (κ2) is 12.4. The number of hydrogen-bond donors (Lipinski definition) is 4. The molecule has 0 heterocycles. The molecular weight excluding hydrogens is 422 g/mol. The highest BCUT2D eigenvalue weighted by Crippen LogP contribution is 2.33. The van der Waals surface area contributed by atoms with Gasteiger partial charge in [-0.25, -0.2) is 0 Å². The van der Waals surface area contributed by atoms with E-state index in [-0.39, 0.29) is 18.5 Å². The van der Waals surface area contributed by atoms with Crippen LogP contribution >= 0.6 is 0 Å². The van der Waals surface area contributed by atoms with Crippen LogP contribution < -0.4 is 16.4 Å². The first kappa shape index (κ1) is 28.2. The number of carbonyl (C=O) groups is 3. The summed E-state index contributed by atoms with van der Waals surface area (Å²) in [6, 6.07) is -2.46. The molecule has 3 atom stereocenters. The average Bonchev–Trinajstić information content (AvgIpc) is 3.26. The molecule has 0 aromatic heterocycles. The molecule has 2 unspecified atom stereocenters. The molecule has 0 saturated heterocycles. The maximum absolute atomic E-state index is 14.9. The summed E-state index contributed by atoms with van der Waals surface area (Å²) in [4.78, 5) is 38.7. The first-order chi connectivity index (χ1) is 14.9. The van der Waals surface area contributed by atoms with Gasteiger partial charge in [0.05, 0.1) is 18.6 Å². The number of aliphatic hydroxyl groups excluding tert-OH is 1. The summed E-state index contributed by atoms with van der Waals surface area (Å²) in [5.74, 6) is -7.43. The van der Waals surface area contributed by atoms with Gasteiger partial charge in [0.2, 0.25) is 11.8 Å². The van der Waals surface area contributed by atoms with Crippen molar-refractivity contribution in [2.45, 2.75) is 96.9 Å². The van der Waals surface area contributed by atoms with E-state index in [0.29, 0.717) is 19.3 Å². The van der Waals surface area contributed by atoms with Crippen LogP contribution in [0, 0.1) is 11.8 Å². The van der Waals surface area contributed by atoms with Gasteiger partial charge in [-0.15, -0.1) is 0 Å². The molecule has 0 radical (unpaired) electrons. The highest BCUT2D eigenvalue weighted by molar-refractivity contribution is 5.88. The van der Waals surface area contributed by atoms with Crippen LogP contribution in [0.5, 0.6) is 0 Å². The third kappa shape index (κ3) is 7.10. The van der Waals surface area contributed by atoms with Crippen molar-refractivity contribution in [3.8, 4) is 0 Å². The van der Waals surface area contributed by atoms with Crippen LogP contribution in [0.15, 0.2) is 0 Å². The van der Waals surface area contributed by atoms with E-state index < -0.39 is 54.3 Å². The van der Waals surface area contributed by atoms with Gasteiger partial charge in [-0.1, -0.05) is 47.5 Å². The molecule has 0 spiro atoms. The zero-order valence-corrected chi connectivity index (χ0v) is 19.9. The number of amides is 3. The molecule has 0 bridgehead atoms. The monoisotopic (exact) mass is 462 g/mol. The molecule has 1 rings (SSSR count). The minimum atomic E-state index is -4.08. The van der Waals surface area contributed by atoms with Crippen molar-refractivity contribution < 1.29 is 28.3 Å². The molecule has 10 heteroatoms. The lowest BCUT2D eigenvalue weighted by molar-refractivity contribution is -0.180. The Bertz CT molecular complexity index is 639. The number of halogens is 2. The summed E-state index contributed by atoms with van der Waals surface area (Å²) in [7, 11) is 0. The first-order valence-corrected chi connectivity index (χ1v) is 11.5. The van der Waals surface area contributed by atoms with Gasteiger partial charge >= 0.3 is 5.92 Å². The van der Waals surface area contributed by atoms with Gasteiger partial charge in [0.25, 0.3) is 5.91 Å². The van der Waals surface area contributed by atoms with E-state index in [1.807, 2.05) is 0 Å². The highest BCUT2D eigenvalue weighted by atomic mass is 19.3. The van der Waals surface area contributed by atoms with E-state index in [2.05, 4.69) is 10.6 Å². The van der Waals surface area contributed by atoms with Gasteiger partial charge < -0.3 is 26.4 Å².